The lowest BCUT2D eigenvalue weighted by molar-refractivity contribution is 0.841. The summed E-state index contributed by atoms with van der Waals surface area (Å²) in [5.41, 5.74) is 8.06. The molecule has 2 nitrogen and oxygen atoms in total. The molecule has 0 fully saturated rings. The molecule has 0 aromatic carbocycles. The van der Waals surface area contributed by atoms with Gasteiger partial charge in [-0.3, -0.25) is 4.98 Å². The maximum atomic E-state index is 6.13. The standard InChI is InChI=1S/C11H11ClN2S/c1-7-4-6-15-11(7)9(13)10-8(12)3-2-5-14-10/h2-6,9H,13H2,1H3. The van der Waals surface area contributed by atoms with Crippen LogP contribution in [0.2, 0.25) is 5.02 Å². The summed E-state index contributed by atoms with van der Waals surface area (Å²) in [5.74, 6) is 0. The molecule has 2 rings (SSSR count). The fourth-order valence-electron chi connectivity index (χ4n) is 1.45. The predicted molar refractivity (Wildman–Crippen MR) is 64.3 cm³/mol. The lowest BCUT2D eigenvalue weighted by Crippen LogP contribution is -2.13. The van der Waals surface area contributed by atoms with Crippen LogP contribution in [-0.2, 0) is 0 Å². The van der Waals surface area contributed by atoms with Gasteiger partial charge in [-0.15, -0.1) is 11.3 Å². The van der Waals surface area contributed by atoms with E-state index in [1.165, 1.54) is 5.56 Å². The second-order valence-corrected chi connectivity index (χ2v) is 4.67. The third-order valence-corrected chi connectivity index (χ3v) is 3.69. The van der Waals surface area contributed by atoms with Gasteiger partial charge in [-0.05, 0) is 36.1 Å². The first kappa shape index (κ1) is 10.6. The van der Waals surface area contributed by atoms with Gasteiger partial charge in [0.25, 0.3) is 0 Å². The summed E-state index contributed by atoms with van der Waals surface area (Å²) in [5, 5.41) is 2.65. The van der Waals surface area contributed by atoms with E-state index in [1.807, 2.05) is 18.4 Å². The van der Waals surface area contributed by atoms with Crippen LogP contribution in [0.5, 0.6) is 0 Å². The van der Waals surface area contributed by atoms with E-state index in [0.717, 1.165) is 10.6 Å². The largest absolute Gasteiger partial charge is 0.318 e. The van der Waals surface area contributed by atoms with Crippen molar-refractivity contribution in [2.24, 2.45) is 5.73 Å². The van der Waals surface area contributed by atoms with Crippen molar-refractivity contribution in [3.8, 4) is 0 Å². The molecule has 2 N–H and O–H groups in total. The molecule has 15 heavy (non-hydrogen) atoms. The van der Waals surface area contributed by atoms with Crippen LogP contribution in [0.15, 0.2) is 29.8 Å². The highest BCUT2D eigenvalue weighted by Gasteiger charge is 2.16. The van der Waals surface area contributed by atoms with Crippen molar-refractivity contribution in [1.29, 1.82) is 0 Å². The van der Waals surface area contributed by atoms with Gasteiger partial charge >= 0.3 is 0 Å². The van der Waals surface area contributed by atoms with Gasteiger partial charge < -0.3 is 5.73 Å². The lowest BCUT2D eigenvalue weighted by atomic mass is 10.1. The van der Waals surface area contributed by atoms with E-state index >= 15 is 0 Å². The Morgan fingerprint density at radius 2 is 2.27 bits per heavy atom. The first-order valence-corrected chi connectivity index (χ1v) is 5.86. The maximum absolute atomic E-state index is 6.13. The molecule has 0 bridgehead atoms. The number of aromatic nitrogens is 1. The number of hydrogen-bond donors (Lipinski definition) is 1. The van der Waals surface area contributed by atoms with E-state index < -0.39 is 0 Å². The molecule has 0 saturated carbocycles. The molecule has 78 valence electrons. The summed E-state index contributed by atoms with van der Waals surface area (Å²) >= 11 is 7.69. The van der Waals surface area contributed by atoms with Crippen LogP contribution in [0.4, 0.5) is 0 Å². The maximum Gasteiger partial charge on any atom is 0.0837 e. The Kier molecular flexibility index (Phi) is 3.05. The van der Waals surface area contributed by atoms with Crippen molar-refractivity contribution >= 4 is 22.9 Å². The minimum atomic E-state index is -0.223. The van der Waals surface area contributed by atoms with Crippen molar-refractivity contribution in [1.82, 2.24) is 4.98 Å². The number of aryl methyl sites for hydroxylation is 1. The highest BCUT2D eigenvalue weighted by molar-refractivity contribution is 7.10. The minimum absolute atomic E-state index is 0.223. The predicted octanol–water partition coefficient (Wildman–Crippen LogP) is 3.15. The minimum Gasteiger partial charge on any atom is -0.318 e. The van der Waals surface area contributed by atoms with Crippen LogP contribution in [-0.4, -0.2) is 4.98 Å². The average molecular weight is 239 g/mol. The van der Waals surface area contributed by atoms with Gasteiger partial charge in [-0.25, -0.2) is 0 Å². The molecule has 1 atom stereocenters. The molecule has 2 aromatic rings. The molecule has 0 aliphatic heterocycles. The second-order valence-electron chi connectivity index (χ2n) is 3.32. The van der Waals surface area contributed by atoms with E-state index in [4.69, 9.17) is 17.3 Å². The summed E-state index contributed by atoms with van der Waals surface area (Å²) in [4.78, 5) is 5.35. The fraction of sp³-hybridized carbons (Fsp3) is 0.182. The van der Waals surface area contributed by atoms with Gasteiger partial charge in [0.1, 0.15) is 0 Å². The number of nitrogens with two attached hydrogens (primary N) is 1. The molecule has 0 aliphatic carbocycles. The van der Waals surface area contributed by atoms with E-state index in [9.17, 15) is 0 Å². The van der Waals surface area contributed by atoms with Crippen LogP contribution in [0, 0.1) is 6.92 Å². The summed E-state index contributed by atoms with van der Waals surface area (Å²) in [6.07, 6.45) is 1.71. The fourth-order valence-corrected chi connectivity index (χ4v) is 2.62. The number of halogens is 1. The summed E-state index contributed by atoms with van der Waals surface area (Å²) in [6.45, 7) is 2.04. The highest BCUT2D eigenvalue weighted by Crippen LogP contribution is 2.29. The van der Waals surface area contributed by atoms with E-state index in [0.29, 0.717) is 5.02 Å². The Labute approximate surface area is 97.7 Å². The van der Waals surface area contributed by atoms with Crippen molar-refractivity contribution in [3.63, 3.8) is 0 Å². The van der Waals surface area contributed by atoms with Gasteiger partial charge in [0.2, 0.25) is 0 Å². The van der Waals surface area contributed by atoms with Crippen LogP contribution in [0.3, 0.4) is 0 Å². The third kappa shape index (κ3) is 2.04. The van der Waals surface area contributed by atoms with Crippen LogP contribution in [0.25, 0.3) is 0 Å². The highest BCUT2D eigenvalue weighted by atomic mass is 35.5. The summed E-state index contributed by atoms with van der Waals surface area (Å²) in [7, 11) is 0. The topological polar surface area (TPSA) is 38.9 Å². The van der Waals surface area contributed by atoms with Gasteiger partial charge in [-0.1, -0.05) is 11.6 Å². The first-order chi connectivity index (χ1) is 7.20. The normalized spacial score (nSPS) is 12.7. The number of rotatable bonds is 2. The van der Waals surface area contributed by atoms with Crippen molar-refractivity contribution in [3.05, 3.63) is 50.9 Å². The quantitative estimate of drug-likeness (QED) is 0.873. The van der Waals surface area contributed by atoms with Crippen LogP contribution in [0.1, 0.15) is 22.2 Å². The van der Waals surface area contributed by atoms with Gasteiger partial charge in [0, 0.05) is 11.1 Å². The molecule has 0 radical (unpaired) electrons. The van der Waals surface area contributed by atoms with Crippen LogP contribution < -0.4 is 5.73 Å². The van der Waals surface area contributed by atoms with Gasteiger partial charge in [-0.2, -0.15) is 0 Å². The molecule has 0 aliphatic rings. The van der Waals surface area contributed by atoms with Crippen molar-refractivity contribution in [2.75, 3.05) is 0 Å². The molecular formula is C11H11ClN2S. The Morgan fingerprint density at radius 3 is 2.87 bits per heavy atom. The number of hydrogen-bond acceptors (Lipinski definition) is 3. The third-order valence-electron chi connectivity index (χ3n) is 2.27. The van der Waals surface area contributed by atoms with E-state index in [2.05, 4.69) is 11.1 Å². The Balaban J connectivity index is 2.41. The molecule has 1 unspecified atom stereocenters. The van der Waals surface area contributed by atoms with Gasteiger partial charge in [0.05, 0.1) is 16.8 Å². The average Bonchev–Trinajstić information content (AvgIpc) is 2.64. The SMILES string of the molecule is Cc1ccsc1C(N)c1ncccc1Cl. The molecule has 2 heterocycles. The molecule has 4 heteroatoms. The Hall–Kier alpha value is -0.900. The summed E-state index contributed by atoms with van der Waals surface area (Å²) in [6, 6.07) is 5.45. The number of pyridine rings is 1. The Bertz CT molecular complexity index is 467. The molecule has 2 aromatic heterocycles. The Morgan fingerprint density at radius 1 is 1.47 bits per heavy atom. The van der Waals surface area contributed by atoms with Crippen LogP contribution >= 0.6 is 22.9 Å². The second kappa shape index (κ2) is 4.31. The van der Waals surface area contributed by atoms with Gasteiger partial charge in [0.15, 0.2) is 0 Å². The molecular weight excluding hydrogens is 228 g/mol. The zero-order chi connectivity index (χ0) is 10.8. The molecule has 0 amide bonds. The van der Waals surface area contributed by atoms with Crippen molar-refractivity contribution in [2.45, 2.75) is 13.0 Å². The molecule has 0 saturated heterocycles. The number of nitrogens with zero attached hydrogens (tertiary/aromatic N) is 1. The smallest absolute Gasteiger partial charge is 0.0837 e. The van der Waals surface area contributed by atoms with E-state index in [1.54, 1.807) is 23.6 Å². The first-order valence-electron chi connectivity index (χ1n) is 4.60. The van der Waals surface area contributed by atoms with E-state index in [-0.39, 0.29) is 6.04 Å². The lowest BCUT2D eigenvalue weighted by Gasteiger charge is -2.11. The number of thiophene rings is 1. The monoisotopic (exact) mass is 238 g/mol. The zero-order valence-electron chi connectivity index (χ0n) is 8.27. The summed E-state index contributed by atoms with van der Waals surface area (Å²) < 4.78 is 0. The van der Waals surface area contributed by atoms with Crippen molar-refractivity contribution < 1.29 is 0 Å². The zero-order valence-corrected chi connectivity index (χ0v) is 9.85. The molecule has 0 spiro atoms.